The van der Waals surface area contributed by atoms with E-state index in [4.69, 9.17) is 9.31 Å². The molecule has 0 radical (unpaired) electrons. The minimum atomic E-state index is -0.892. The number of benzene rings is 1. The highest BCUT2D eigenvalue weighted by atomic mass is 19.1. The molecule has 21 heavy (non-hydrogen) atoms. The van der Waals surface area contributed by atoms with Crippen LogP contribution >= 0.6 is 0 Å². The van der Waals surface area contributed by atoms with Crippen LogP contribution in [-0.4, -0.2) is 18.3 Å². The molecule has 2 aliphatic rings. The van der Waals surface area contributed by atoms with Crippen LogP contribution in [0.4, 0.5) is 4.39 Å². The van der Waals surface area contributed by atoms with Crippen molar-refractivity contribution in [2.24, 2.45) is 0 Å². The van der Waals surface area contributed by atoms with Gasteiger partial charge in [0, 0.05) is 0 Å². The summed E-state index contributed by atoms with van der Waals surface area (Å²) in [5, 5.41) is 0. The Balaban J connectivity index is 1.98. The third-order valence-electron chi connectivity index (χ3n) is 4.96. The van der Waals surface area contributed by atoms with Crippen LogP contribution in [0.15, 0.2) is 30.0 Å². The Morgan fingerprint density at radius 3 is 2.33 bits per heavy atom. The number of hydrogen-bond donors (Lipinski definition) is 0. The van der Waals surface area contributed by atoms with Crippen molar-refractivity contribution in [3.8, 4) is 0 Å². The summed E-state index contributed by atoms with van der Waals surface area (Å²) in [5.41, 5.74) is 1.69. The van der Waals surface area contributed by atoms with E-state index in [0.717, 1.165) is 30.4 Å². The first-order chi connectivity index (χ1) is 9.82. The largest absolute Gasteiger partial charge is 0.525 e. The average Bonchev–Trinajstić information content (AvgIpc) is 2.66. The van der Waals surface area contributed by atoms with Crippen molar-refractivity contribution >= 4 is 12.7 Å². The fourth-order valence-electron chi connectivity index (χ4n) is 2.96. The Morgan fingerprint density at radius 2 is 1.67 bits per heavy atom. The van der Waals surface area contributed by atoms with Gasteiger partial charge in [-0.05, 0) is 63.7 Å². The molecule has 0 spiro atoms. The molecule has 112 valence electrons. The van der Waals surface area contributed by atoms with Gasteiger partial charge in [-0.15, -0.1) is 0 Å². The summed E-state index contributed by atoms with van der Waals surface area (Å²) < 4.78 is 26.7. The van der Waals surface area contributed by atoms with Crippen molar-refractivity contribution in [1.29, 1.82) is 0 Å². The van der Waals surface area contributed by atoms with E-state index in [9.17, 15) is 4.39 Å². The number of halogens is 1. The minimum absolute atomic E-state index is 0.263. The van der Waals surface area contributed by atoms with Crippen LogP contribution in [0.25, 0.3) is 5.57 Å². The van der Waals surface area contributed by atoms with Crippen LogP contribution in [0.3, 0.4) is 0 Å². The maximum absolute atomic E-state index is 15.0. The molecule has 1 saturated heterocycles. The van der Waals surface area contributed by atoms with Gasteiger partial charge in [0.1, 0.15) is 5.73 Å². The molecule has 1 heterocycles. The second-order valence-electron chi connectivity index (χ2n) is 6.93. The van der Waals surface area contributed by atoms with Gasteiger partial charge in [0.05, 0.1) is 11.2 Å². The molecule has 0 atom stereocenters. The molecule has 0 N–H and O–H groups in total. The van der Waals surface area contributed by atoms with Crippen LogP contribution in [0.5, 0.6) is 0 Å². The number of rotatable bonds is 1. The highest BCUT2D eigenvalue weighted by Gasteiger charge is 2.53. The Labute approximate surface area is 126 Å². The maximum atomic E-state index is 15.0. The molecule has 0 amide bonds. The van der Waals surface area contributed by atoms with Crippen LogP contribution in [0.2, 0.25) is 0 Å². The van der Waals surface area contributed by atoms with E-state index in [1.54, 1.807) is 0 Å². The first-order valence-corrected chi connectivity index (χ1v) is 7.64. The molecule has 0 aromatic heterocycles. The Morgan fingerprint density at radius 1 is 1.05 bits per heavy atom. The molecular weight excluding hydrogens is 266 g/mol. The summed E-state index contributed by atoms with van der Waals surface area (Å²) in [6, 6.07) is 8.04. The minimum Gasteiger partial charge on any atom is -0.398 e. The first-order valence-electron chi connectivity index (χ1n) is 7.64. The van der Waals surface area contributed by atoms with E-state index >= 15 is 0 Å². The van der Waals surface area contributed by atoms with Crippen molar-refractivity contribution < 1.29 is 13.7 Å². The fourth-order valence-corrected chi connectivity index (χ4v) is 2.96. The quantitative estimate of drug-likeness (QED) is 0.716. The summed E-state index contributed by atoms with van der Waals surface area (Å²) in [6.07, 6.45) is 2.72. The summed E-state index contributed by atoms with van der Waals surface area (Å²) in [6.45, 7) is 7.78. The molecule has 3 rings (SSSR count). The van der Waals surface area contributed by atoms with Gasteiger partial charge in [-0.1, -0.05) is 24.3 Å². The van der Waals surface area contributed by atoms with E-state index in [0.29, 0.717) is 0 Å². The second-order valence-corrected chi connectivity index (χ2v) is 6.93. The number of hydrogen-bond acceptors (Lipinski definition) is 2. The van der Waals surface area contributed by atoms with Gasteiger partial charge in [-0.25, -0.2) is 4.39 Å². The van der Waals surface area contributed by atoms with Gasteiger partial charge >= 0.3 is 7.12 Å². The standard InChI is InChI=1S/C17H22BFO2/c1-16(2)17(3,4)21-18(20-16)15(19)14-11-7-9-12-8-5-6-10-13(12)14/h5-6,8,10H,7,9,11H2,1-4H3. The lowest BCUT2D eigenvalue weighted by Crippen LogP contribution is -2.41. The molecule has 1 fully saturated rings. The Bertz CT molecular complexity index is 576. The van der Waals surface area contributed by atoms with Crippen molar-refractivity contribution in [2.45, 2.75) is 58.2 Å². The van der Waals surface area contributed by atoms with E-state index in [1.165, 1.54) is 5.56 Å². The van der Waals surface area contributed by atoms with Crippen molar-refractivity contribution in [2.75, 3.05) is 0 Å². The zero-order chi connectivity index (χ0) is 15.3. The molecular formula is C17H22BFO2. The van der Waals surface area contributed by atoms with Gasteiger partial charge in [-0.2, -0.15) is 0 Å². The van der Waals surface area contributed by atoms with Crippen molar-refractivity contribution in [3.63, 3.8) is 0 Å². The predicted octanol–water partition coefficient (Wildman–Crippen LogP) is 4.33. The Hall–Kier alpha value is -1.13. The van der Waals surface area contributed by atoms with Crippen molar-refractivity contribution in [3.05, 3.63) is 41.1 Å². The van der Waals surface area contributed by atoms with E-state index < -0.39 is 18.3 Å². The van der Waals surface area contributed by atoms with E-state index in [1.807, 2.05) is 45.9 Å². The highest BCUT2D eigenvalue weighted by molar-refractivity contribution is 6.55. The van der Waals surface area contributed by atoms with Crippen LogP contribution in [0.1, 0.15) is 51.7 Å². The van der Waals surface area contributed by atoms with Gasteiger partial charge in [-0.3, -0.25) is 0 Å². The van der Waals surface area contributed by atoms with E-state index in [2.05, 4.69) is 6.07 Å². The molecule has 0 unspecified atom stereocenters. The Kier molecular flexibility index (Phi) is 3.49. The van der Waals surface area contributed by atoms with Crippen LogP contribution in [0, 0.1) is 0 Å². The number of allylic oxidation sites excluding steroid dienone is 1. The third-order valence-corrected chi connectivity index (χ3v) is 4.96. The van der Waals surface area contributed by atoms with Crippen molar-refractivity contribution in [1.82, 2.24) is 0 Å². The number of fused-ring (bicyclic) bond motifs is 1. The normalized spacial score (nSPS) is 25.7. The lowest BCUT2D eigenvalue weighted by atomic mass is 9.77. The fraction of sp³-hybridized carbons (Fsp3) is 0.529. The molecule has 1 aromatic carbocycles. The first kappa shape index (κ1) is 14.8. The molecule has 2 nitrogen and oxygen atoms in total. The molecule has 1 aliphatic carbocycles. The third kappa shape index (κ3) is 2.45. The zero-order valence-corrected chi connectivity index (χ0v) is 13.2. The van der Waals surface area contributed by atoms with Crippen LogP contribution < -0.4 is 0 Å². The smallest absolute Gasteiger partial charge is 0.398 e. The van der Waals surface area contributed by atoms with Gasteiger partial charge in [0.2, 0.25) is 0 Å². The second kappa shape index (κ2) is 4.96. The number of aryl methyl sites for hydroxylation is 1. The lowest BCUT2D eigenvalue weighted by Gasteiger charge is -2.32. The molecule has 0 bridgehead atoms. The summed E-state index contributed by atoms with van der Waals surface area (Å²) in [4.78, 5) is 0. The molecule has 0 saturated carbocycles. The highest BCUT2D eigenvalue weighted by Crippen LogP contribution is 2.42. The van der Waals surface area contributed by atoms with Gasteiger partial charge < -0.3 is 9.31 Å². The maximum Gasteiger partial charge on any atom is 0.525 e. The topological polar surface area (TPSA) is 18.5 Å². The van der Waals surface area contributed by atoms with E-state index in [-0.39, 0.29) is 5.73 Å². The molecule has 1 aromatic rings. The van der Waals surface area contributed by atoms with Crippen LogP contribution in [-0.2, 0) is 15.7 Å². The molecule has 1 aliphatic heterocycles. The SMILES string of the molecule is CC1(C)OB(C(F)=C2CCCc3ccccc32)OC1(C)C. The van der Waals surface area contributed by atoms with Gasteiger partial charge in [0.25, 0.3) is 0 Å². The molecule has 4 heteroatoms. The zero-order valence-electron chi connectivity index (χ0n) is 13.2. The average molecular weight is 288 g/mol. The lowest BCUT2D eigenvalue weighted by molar-refractivity contribution is 0.00578. The predicted molar refractivity (Wildman–Crippen MR) is 83.5 cm³/mol. The summed E-state index contributed by atoms with van der Waals surface area (Å²) >= 11 is 0. The summed E-state index contributed by atoms with van der Waals surface area (Å²) in [5.74, 6) is 0. The summed E-state index contributed by atoms with van der Waals surface area (Å²) in [7, 11) is -0.892. The monoisotopic (exact) mass is 288 g/mol. The van der Waals surface area contributed by atoms with Gasteiger partial charge in [0.15, 0.2) is 0 Å².